The van der Waals surface area contributed by atoms with Crippen LogP contribution in [0.1, 0.15) is 10.5 Å². The Morgan fingerprint density at radius 2 is 1.53 bits per heavy atom. The van der Waals surface area contributed by atoms with Crippen LogP contribution in [0.5, 0.6) is 17.2 Å². The smallest absolute Gasteiger partial charge is 0.276 e. The highest BCUT2D eigenvalue weighted by molar-refractivity contribution is 6.02. The van der Waals surface area contributed by atoms with Crippen LogP contribution in [0.4, 0.5) is 11.4 Å². The fraction of sp³-hybridized carbons (Fsp3) is 0.182. The third-order valence-corrected chi connectivity index (χ3v) is 4.41. The van der Waals surface area contributed by atoms with Crippen LogP contribution in [0.3, 0.4) is 0 Å². The molecule has 2 N–H and O–H groups in total. The molecule has 3 rings (SSSR count). The van der Waals surface area contributed by atoms with Gasteiger partial charge in [0, 0.05) is 23.5 Å². The van der Waals surface area contributed by atoms with Gasteiger partial charge in [0.1, 0.15) is 18.0 Å². The van der Waals surface area contributed by atoms with Gasteiger partial charge in [0.15, 0.2) is 11.5 Å². The van der Waals surface area contributed by atoms with Crippen LogP contribution < -0.4 is 30.4 Å². The van der Waals surface area contributed by atoms with E-state index in [1.165, 1.54) is 26.4 Å². The Kier molecular flexibility index (Phi) is 7.06. The summed E-state index contributed by atoms with van der Waals surface area (Å²) in [6, 6.07) is 14.1. The van der Waals surface area contributed by atoms with Gasteiger partial charge in [-0.05, 0) is 42.5 Å². The lowest BCUT2D eigenvalue weighted by molar-refractivity contribution is -0.117. The summed E-state index contributed by atoms with van der Waals surface area (Å²) < 4.78 is 16.4. The Bertz CT molecular complexity index is 1170. The van der Waals surface area contributed by atoms with Gasteiger partial charge >= 0.3 is 0 Å². The number of carbonyl (C=O) groups is 2. The van der Waals surface area contributed by atoms with Crippen molar-refractivity contribution in [3.63, 3.8) is 0 Å². The molecule has 0 spiro atoms. The van der Waals surface area contributed by atoms with E-state index in [1.54, 1.807) is 49.6 Å². The number of carbonyl (C=O) groups excluding carboxylic acids is 2. The number of rotatable bonds is 8. The van der Waals surface area contributed by atoms with E-state index in [0.29, 0.717) is 28.6 Å². The van der Waals surface area contributed by atoms with Crippen LogP contribution >= 0.6 is 0 Å². The van der Waals surface area contributed by atoms with Gasteiger partial charge in [-0.15, -0.1) is 0 Å². The second-order valence-corrected chi connectivity index (χ2v) is 6.52. The van der Waals surface area contributed by atoms with Crippen LogP contribution in [-0.2, 0) is 11.3 Å². The lowest BCUT2D eigenvalue weighted by atomic mass is 10.2. The zero-order valence-corrected chi connectivity index (χ0v) is 17.7. The standard InChI is InChI=1S/C22H22N4O6/c1-30-16-7-4-14(5-8-16)24-22(29)17-9-11-21(28)26(25-17)13-20(27)23-15-6-10-18(31-2)19(12-15)32-3/h4-12H,13H2,1-3H3,(H,23,27)(H,24,29). The van der Waals surface area contributed by atoms with Crippen molar-refractivity contribution in [2.45, 2.75) is 6.54 Å². The van der Waals surface area contributed by atoms with Gasteiger partial charge in [0.05, 0.1) is 21.3 Å². The summed E-state index contributed by atoms with van der Waals surface area (Å²) in [5.74, 6) is 0.579. The molecule has 0 fully saturated rings. The summed E-state index contributed by atoms with van der Waals surface area (Å²) in [4.78, 5) is 37.1. The van der Waals surface area contributed by atoms with E-state index in [0.717, 1.165) is 4.68 Å². The third-order valence-electron chi connectivity index (χ3n) is 4.41. The zero-order chi connectivity index (χ0) is 23.1. The molecular weight excluding hydrogens is 416 g/mol. The van der Waals surface area contributed by atoms with Crippen molar-refractivity contribution in [3.05, 3.63) is 70.6 Å². The normalized spacial score (nSPS) is 10.2. The number of hydrogen-bond donors (Lipinski definition) is 2. The Morgan fingerprint density at radius 1 is 0.844 bits per heavy atom. The monoisotopic (exact) mass is 438 g/mol. The Balaban J connectivity index is 1.70. The number of aromatic nitrogens is 2. The van der Waals surface area contributed by atoms with E-state index in [1.807, 2.05) is 0 Å². The minimum absolute atomic E-state index is 0.0145. The second-order valence-electron chi connectivity index (χ2n) is 6.52. The van der Waals surface area contributed by atoms with Crippen molar-refractivity contribution in [1.29, 1.82) is 0 Å². The summed E-state index contributed by atoms with van der Waals surface area (Å²) in [5.41, 5.74) is 0.448. The number of hydrogen-bond acceptors (Lipinski definition) is 7. The minimum Gasteiger partial charge on any atom is -0.497 e. The molecule has 3 aromatic rings. The van der Waals surface area contributed by atoms with Crippen LogP contribution in [0.15, 0.2) is 59.4 Å². The molecule has 32 heavy (non-hydrogen) atoms. The average molecular weight is 438 g/mol. The van der Waals surface area contributed by atoms with E-state index in [2.05, 4.69) is 15.7 Å². The third kappa shape index (κ3) is 5.42. The average Bonchev–Trinajstić information content (AvgIpc) is 2.80. The largest absolute Gasteiger partial charge is 0.497 e. The zero-order valence-electron chi connectivity index (χ0n) is 17.7. The first-order valence-corrected chi connectivity index (χ1v) is 9.49. The van der Waals surface area contributed by atoms with E-state index >= 15 is 0 Å². The molecule has 0 bridgehead atoms. The second kappa shape index (κ2) is 10.1. The van der Waals surface area contributed by atoms with Gasteiger partial charge in [-0.25, -0.2) is 4.68 Å². The molecule has 166 valence electrons. The molecule has 0 saturated heterocycles. The summed E-state index contributed by atoms with van der Waals surface area (Å²) in [7, 11) is 4.53. The van der Waals surface area contributed by atoms with Crippen LogP contribution in [-0.4, -0.2) is 42.9 Å². The minimum atomic E-state index is -0.524. The Labute approximate surface area is 183 Å². The molecule has 0 aliphatic rings. The van der Waals surface area contributed by atoms with Crippen molar-refractivity contribution in [2.75, 3.05) is 32.0 Å². The van der Waals surface area contributed by atoms with E-state index in [4.69, 9.17) is 14.2 Å². The predicted octanol–water partition coefficient (Wildman–Crippen LogP) is 2.16. The maximum absolute atomic E-state index is 12.5. The van der Waals surface area contributed by atoms with Crippen molar-refractivity contribution in [1.82, 2.24) is 9.78 Å². The number of methoxy groups -OCH3 is 3. The van der Waals surface area contributed by atoms with Crippen molar-refractivity contribution in [2.24, 2.45) is 0 Å². The molecule has 10 nitrogen and oxygen atoms in total. The first-order valence-electron chi connectivity index (χ1n) is 9.49. The van der Waals surface area contributed by atoms with Gasteiger partial charge in [0.2, 0.25) is 5.91 Å². The number of nitrogens with one attached hydrogen (secondary N) is 2. The molecule has 0 atom stereocenters. The predicted molar refractivity (Wildman–Crippen MR) is 118 cm³/mol. The summed E-state index contributed by atoms with van der Waals surface area (Å²) in [6.07, 6.45) is 0. The number of benzene rings is 2. The first-order chi connectivity index (χ1) is 15.4. The van der Waals surface area contributed by atoms with Crippen LogP contribution in [0.25, 0.3) is 0 Å². The fourth-order valence-corrected chi connectivity index (χ4v) is 2.80. The van der Waals surface area contributed by atoms with E-state index in [-0.39, 0.29) is 12.2 Å². The van der Waals surface area contributed by atoms with Crippen molar-refractivity contribution >= 4 is 23.2 Å². The molecule has 0 saturated carbocycles. The molecule has 10 heteroatoms. The Hall–Kier alpha value is -4.34. The van der Waals surface area contributed by atoms with Crippen LogP contribution in [0.2, 0.25) is 0 Å². The molecule has 0 aliphatic carbocycles. The van der Waals surface area contributed by atoms with Crippen molar-refractivity contribution < 1.29 is 23.8 Å². The summed E-state index contributed by atoms with van der Waals surface area (Å²) >= 11 is 0. The molecule has 1 heterocycles. The van der Waals surface area contributed by atoms with Gasteiger partial charge in [-0.1, -0.05) is 0 Å². The van der Waals surface area contributed by atoms with Gasteiger partial charge in [-0.2, -0.15) is 5.10 Å². The molecule has 1 aromatic heterocycles. The highest BCUT2D eigenvalue weighted by atomic mass is 16.5. The number of amides is 2. The van der Waals surface area contributed by atoms with Crippen molar-refractivity contribution in [3.8, 4) is 17.2 Å². The molecule has 0 aliphatic heterocycles. The number of ether oxygens (including phenoxy) is 3. The molecule has 2 amide bonds. The van der Waals surface area contributed by atoms with E-state index < -0.39 is 17.4 Å². The highest BCUT2D eigenvalue weighted by Crippen LogP contribution is 2.29. The highest BCUT2D eigenvalue weighted by Gasteiger charge is 2.13. The number of anilines is 2. The lowest BCUT2D eigenvalue weighted by Gasteiger charge is -2.11. The van der Waals surface area contributed by atoms with Gasteiger partial charge < -0.3 is 24.8 Å². The summed E-state index contributed by atoms with van der Waals surface area (Å²) in [6.45, 7) is -0.378. The quantitative estimate of drug-likeness (QED) is 0.553. The number of nitrogens with zero attached hydrogens (tertiary/aromatic N) is 2. The first kappa shape index (κ1) is 22.3. The van der Waals surface area contributed by atoms with Gasteiger partial charge in [0.25, 0.3) is 11.5 Å². The molecule has 0 unspecified atom stereocenters. The van der Waals surface area contributed by atoms with Gasteiger partial charge in [-0.3, -0.25) is 14.4 Å². The topological polar surface area (TPSA) is 121 Å². The maximum Gasteiger partial charge on any atom is 0.276 e. The maximum atomic E-state index is 12.5. The fourth-order valence-electron chi connectivity index (χ4n) is 2.80. The van der Waals surface area contributed by atoms with Crippen LogP contribution in [0, 0.1) is 0 Å². The Morgan fingerprint density at radius 3 is 2.19 bits per heavy atom. The SMILES string of the molecule is COc1ccc(NC(=O)c2ccc(=O)n(CC(=O)Nc3ccc(OC)c(OC)c3)n2)cc1. The molecule has 2 aromatic carbocycles. The molecular formula is C22H22N4O6. The lowest BCUT2D eigenvalue weighted by Crippen LogP contribution is -2.31. The molecule has 0 radical (unpaired) electrons. The summed E-state index contributed by atoms with van der Waals surface area (Å²) in [5, 5.41) is 9.34. The van der Waals surface area contributed by atoms with E-state index in [9.17, 15) is 14.4 Å².